The van der Waals surface area contributed by atoms with Gasteiger partial charge >= 0.3 is 0 Å². The van der Waals surface area contributed by atoms with E-state index in [0.29, 0.717) is 5.76 Å². The van der Waals surface area contributed by atoms with Crippen LogP contribution in [0.5, 0.6) is 0 Å². The topological polar surface area (TPSA) is 89.9 Å². The lowest BCUT2D eigenvalue weighted by molar-refractivity contribution is -0.124. The summed E-state index contributed by atoms with van der Waals surface area (Å²) in [5.41, 5.74) is 0. The Kier molecular flexibility index (Phi) is 52.1. The van der Waals surface area contributed by atoms with Crippen LogP contribution < -0.4 is 0 Å². The average molecular weight is 429 g/mol. The van der Waals surface area contributed by atoms with Gasteiger partial charge in [-0.1, -0.05) is 14.9 Å². The normalized spacial score (nSPS) is 6.69. The zero-order chi connectivity index (χ0) is 20.0. The Morgan fingerprint density at radius 3 is 1.35 bits per heavy atom. The molecule has 0 atom stereocenters. The van der Waals surface area contributed by atoms with Crippen molar-refractivity contribution >= 4 is 54.2 Å². The molecular weight excluding hydrogens is 401 g/mol. The Hall–Kier alpha value is -1.86. The molecule has 0 aromatic carbocycles. The Bertz CT molecular complexity index is 562. The van der Waals surface area contributed by atoms with E-state index in [0.717, 1.165) is 0 Å². The van der Waals surface area contributed by atoms with Gasteiger partial charge in [-0.05, 0) is 27.7 Å². The fourth-order valence-electron chi connectivity index (χ4n) is 0.793. The molecule has 0 aromatic rings. The second-order valence-corrected chi connectivity index (χ2v) is 5.62. The largest absolute Gasteiger partial charge is 0.521 e. The number of hydrogen-bond acceptors (Lipinski definition) is 6. The van der Waals surface area contributed by atoms with Crippen LogP contribution in [-0.2, 0) is 22.9 Å². The molecule has 0 saturated carbocycles. The van der Waals surface area contributed by atoms with Gasteiger partial charge in [0.1, 0.15) is 11.6 Å². The van der Waals surface area contributed by atoms with E-state index < -0.39 is 9.20 Å². The molecule has 144 valence electrons. The Morgan fingerprint density at radius 1 is 0.885 bits per heavy atom. The summed E-state index contributed by atoms with van der Waals surface area (Å²) in [6.07, 6.45) is 1.49. The molecule has 10 heteroatoms. The average Bonchev–Trinajstić information content (AvgIpc) is 2.39. The number of Topliss-reactive ketones (excluding diaryl/α,β-unsaturated/α-hetero) is 2. The lowest BCUT2D eigenvalue weighted by Gasteiger charge is -1.92. The van der Waals surface area contributed by atoms with Gasteiger partial charge in [0.05, 0.1) is 12.2 Å². The van der Waals surface area contributed by atoms with Gasteiger partial charge in [-0.2, -0.15) is 0 Å². The van der Waals surface area contributed by atoms with Crippen LogP contribution in [0.25, 0.3) is 0 Å². The van der Waals surface area contributed by atoms with Crippen LogP contribution in [0, 0.1) is 24.0 Å². The number of hydrogen-bond donors (Lipinski definition) is 1. The van der Waals surface area contributed by atoms with Crippen LogP contribution in [0.1, 0.15) is 49.0 Å². The number of ketones is 3. The quantitative estimate of drug-likeness (QED) is 0.312. The van der Waals surface area contributed by atoms with Crippen LogP contribution >= 0.6 is 0 Å². The maximum Gasteiger partial charge on any atom is 0.245 e. The van der Waals surface area contributed by atoms with Crippen molar-refractivity contribution in [2.24, 2.45) is 0 Å². The zero-order valence-corrected chi connectivity index (χ0v) is 18.1. The molecule has 0 aliphatic rings. The lowest BCUT2D eigenvalue weighted by Crippen LogP contribution is -1.97. The van der Waals surface area contributed by atoms with Crippen molar-refractivity contribution in [3.05, 3.63) is 11.8 Å². The molecule has 0 saturated heterocycles. The number of carbonyl (C=O) groups is 3. The second kappa shape index (κ2) is 34.5. The van der Waals surface area contributed by atoms with Gasteiger partial charge in [0, 0.05) is 6.08 Å². The van der Waals surface area contributed by atoms with Crippen molar-refractivity contribution in [3.63, 3.8) is 0 Å². The first-order valence-corrected chi connectivity index (χ1v) is 10.1. The predicted octanol–water partition coefficient (Wildman–Crippen LogP) is 1.14. The molecule has 0 aromatic heterocycles. The molecule has 6 nitrogen and oxygen atoms in total. The van der Waals surface area contributed by atoms with Crippen LogP contribution in [0.4, 0.5) is 0 Å². The maximum absolute atomic E-state index is 10.3. The fraction of sp³-hybridized carbons (Fsp3) is 0.438. The highest BCUT2D eigenvalue weighted by Gasteiger charge is 1.94. The number of carbonyl (C=O) groups excluding carboxylic acids is 3. The van der Waals surface area contributed by atoms with Crippen LogP contribution in [0.3, 0.4) is 0 Å². The molecule has 0 aliphatic heterocycles. The van der Waals surface area contributed by atoms with Crippen molar-refractivity contribution in [1.82, 2.24) is 0 Å². The molecular formula is C16H28O6Si4. The molecule has 26 heavy (non-hydrogen) atoms. The summed E-state index contributed by atoms with van der Waals surface area (Å²) in [5, 5.41) is 0. The van der Waals surface area contributed by atoms with E-state index in [1.807, 2.05) is 0 Å². The monoisotopic (exact) mass is 428 g/mol. The third kappa shape index (κ3) is 79.7. The Balaban J connectivity index is -0.0000000532. The second-order valence-electron chi connectivity index (χ2n) is 3.63. The van der Waals surface area contributed by atoms with Crippen LogP contribution in [0.15, 0.2) is 11.8 Å². The van der Waals surface area contributed by atoms with Gasteiger partial charge in [-0.25, -0.2) is 0 Å². The van der Waals surface area contributed by atoms with Crippen molar-refractivity contribution < 1.29 is 27.7 Å². The highest BCUT2D eigenvalue weighted by Crippen LogP contribution is 1.90. The summed E-state index contributed by atoms with van der Waals surface area (Å²) >= 11 is 0. The van der Waals surface area contributed by atoms with Gasteiger partial charge in [-0.3, -0.25) is 14.4 Å². The standard InChI is InChI=1S/C6H8O2Si.C5H8O2.C2H2OSi2.CH2OSi.2CH4/c1-5(7)4-6(2)8-9-3;1-4(6)3-5(2)7;1-4-3-5-2;1-3-2;;/h3-4H,1-2H3;3H2,1-2H3;1-2H;1-2H;2*1H4/b6-4+;;;;;. The summed E-state index contributed by atoms with van der Waals surface area (Å²) in [4.78, 5) is 37.8. The van der Waals surface area contributed by atoms with Crippen molar-refractivity contribution in [3.8, 4) is 24.0 Å². The van der Waals surface area contributed by atoms with E-state index in [4.69, 9.17) is 27.2 Å². The van der Waals surface area contributed by atoms with E-state index in [-0.39, 0.29) is 66.2 Å². The minimum atomic E-state index is -0.417. The molecule has 0 radical (unpaired) electrons. The molecule has 0 heterocycles. The SMILES string of the molecule is C.C.C#[Si]O.C#[Si]O/C(C)=C/C(C)=O.C#[Si]O[Si]#C.CC(=O)CC(C)=O. The first-order valence-electron chi connectivity index (χ1n) is 6.09. The van der Waals surface area contributed by atoms with E-state index in [1.54, 1.807) is 6.92 Å². The molecule has 1 N–H and O–H groups in total. The van der Waals surface area contributed by atoms with E-state index in [9.17, 15) is 14.4 Å². The summed E-state index contributed by atoms with van der Waals surface area (Å²) in [5.74, 6) is 0.425. The maximum atomic E-state index is 10.3. The Labute approximate surface area is 166 Å². The van der Waals surface area contributed by atoms with Gasteiger partial charge in [-0.15, -0.1) is 24.0 Å². The first-order chi connectivity index (χ1) is 11.1. The van der Waals surface area contributed by atoms with Gasteiger partial charge < -0.3 is 13.3 Å². The summed E-state index contributed by atoms with van der Waals surface area (Å²) in [6, 6.07) is 19.2. The third-order valence-electron chi connectivity index (χ3n) is 1.24. The summed E-state index contributed by atoms with van der Waals surface area (Å²) in [7, 11) is -0.409. The minimum absolute atomic E-state index is 0. The molecule has 0 spiro atoms. The third-order valence-corrected chi connectivity index (χ3v) is 2.62. The predicted molar refractivity (Wildman–Crippen MR) is 111 cm³/mol. The van der Waals surface area contributed by atoms with E-state index in [1.165, 1.54) is 26.8 Å². The van der Waals surface area contributed by atoms with Crippen molar-refractivity contribution in [1.29, 1.82) is 0 Å². The fourth-order valence-corrected chi connectivity index (χ4v) is 1.31. The minimum Gasteiger partial charge on any atom is -0.521 e. The molecule has 0 unspecified atom stereocenters. The number of rotatable bonds is 4. The molecule has 0 amide bonds. The number of allylic oxidation sites excluding steroid dienone is 2. The van der Waals surface area contributed by atoms with Gasteiger partial charge in [0.15, 0.2) is 5.78 Å². The van der Waals surface area contributed by atoms with Crippen LogP contribution in [0.2, 0.25) is 0 Å². The summed E-state index contributed by atoms with van der Waals surface area (Å²) < 4.78 is 9.24. The Morgan fingerprint density at radius 2 is 1.23 bits per heavy atom. The highest BCUT2D eigenvalue weighted by atomic mass is 28.3. The van der Waals surface area contributed by atoms with E-state index in [2.05, 4.69) is 10.1 Å². The van der Waals surface area contributed by atoms with Crippen LogP contribution in [-0.4, -0.2) is 59.0 Å². The molecule has 0 fully saturated rings. The molecule has 0 rings (SSSR count). The summed E-state index contributed by atoms with van der Waals surface area (Å²) in [6.45, 7) is 5.97. The van der Waals surface area contributed by atoms with Crippen molar-refractivity contribution in [2.75, 3.05) is 0 Å². The first kappa shape index (κ1) is 39.3. The zero-order valence-electron chi connectivity index (χ0n) is 14.1. The van der Waals surface area contributed by atoms with Crippen molar-refractivity contribution in [2.45, 2.75) is 49.0 Å². The molecule has 0 aliphatic carbocycles. The smallest absolute Gasteiger partial charge is 0.245 e. The van der Waals surface area contributed by atoms with Gasteiger partial charge in [0.25, 0.3) is 0 Å². The van der Waals surface area contributed by atoms with Gasteiger partial charge in [0.2, 0.25) is 36.8 Å². The molecule has 0 bridgehead atoms. The highest BCUT2D eigenvalue weighted by molar-refractivity contribution is 6.28. The lowest BCUT2D eigenvalue weighted by atomic mass is 10.2. The van der Waals surface area contributed by atoms with E-state index >= 15 is 0 Å².